The van der Waals surface area contributed by atoms with Gasteiger partial charge in [0.1, 0.15) is 12.1 Å². The molecule has 2 N–H and O–H groups in total. The minimum Gasteiger partial charge on any atom is -0.307 e. The summed E-state index contributed by atoms with van der Waals surface area (Å²) < 4.78 is 0. The zero-order chi connectivity index (χ0) is 16.1. The molecule has 0 aliphatic rings. The van der Waals surface area contributed by atoms with Crippen LogP contribution >= 0.6 is 11.8 Å². The van der Waals surface area contributed by atoms with E-state index >= 15 is 0 Å². The maximum Gasteiger partial charge on any atom is 0.256 e. The molecule has 23 heavy (non-hydrogen) atoms. The Balaban J connectivity index is 1.61. The minimum absolute atomic E-state index is 0.169. The van der Waals surface area contributed by atoms with Gasteiger partial charge >= 0.3 is 0 Å². The number of hydrogen-bond acceptors (Lipinski definition) is 5. The fraction of sp³-hybridized carbons (Fsp3) is 0.125. The van der Waals surface area contributed by atoms with Gasteiger partial charge in [0.15, 0.2) is 5.16 Å². The Bertz CT molecular complexity index is 786. The smallest absolute Gasteiger partial charge is 0.256 e. The largest absolute Gasteiger partial charge is 0.307 e. The molecule has 6 nitrogen and oxygen atoms in total. The average molecular weight is 325 g/mol. The Labute approximate surface area is 137 Å². The first-order chi connectivity index (χ1) is 11.2. The molecule has 0 bridgehead atoms. The SMILES string of the molecule is Cc1ccnc(NC(=O)c2ccc(CSc3ncn[nH]3)cc2)c1. The molecule has 0 spiro atoms. The van der Waals surface area contributed by atoms with Crippen LogP contribution in [0.1, 0.15) is 21.5 Å². The van der Waals surface area contributed by atoms with Gasteiger partial charge < -0.3 is 5.32 Å². The van der Waals surface area contributed by atoms with Crippen molar-refractivity contribution < 1.29 is 4.79 Å². The number of thioether (sulfide) groups is 1. The molecule has 0 saturated carbocycles. The maximum atomic E-state index is 12.2. The molecule has 0 aliphatic carbocycles. The molecule has 0 atom stereocenters. The summed E-state index contributed by atoms with van der Waals surface area (Å²) in [7, 11) is 0. The van der Waals surface area contributed by atoms with E-state index in [1.165, 1.54) is 6.33 Å². The quantitative estimate of drug-likeness (QED) is 0.704. The lowest BCUT2D eigenvalue weighted by atomic mass is 10.1. The molecular formula is C16H15N5OS. The number of nitrogens with zero attached hydrogens (tertiary/aromatic N) is 3. The second kappa shape index (κ2) is 7.06. The van der Waals surface area contributed by atoms with Gasteiger partial charge in [-0.05, 0) is 42.3 Å². The number of aromatic amines is 1. The van der Waals surface area contributed by atoms with Crippen LogP contribution in [-0.2, 0) is 5.75 Å². The van der Waals surface area contributed by atoms with Crippen LogP contribution < -0.4 is 5.32 Å². The summed E-state index contributed by atoms with van der Waals surface area (Å²) in [5.74, 6) is 1.15. The predicted molar refractivity (Wildman–Crippen MR) is 89.3 cm³/mol. The summed E-state index contributed by atoms with van der Waals surface area (Å²) in [6.07, 6.45) is 3.16. The molecule has 0 saturated heterocycles. The summed E-state index contributed by atoms with van der Waals surface area (Å²) >= 11 is 1.56. The van der Waals surface area contributed by atoms with E-state index in [9.17, 15) is 4.79 Å². The third-order valence-electron chi connectivity index (χ3n) is 3.14. The van der Waals surface area contributed by atoms with E-state index < -0.39 is 0 Å². The number of H-pyrrole nitrogens is 1. The summed E-state index contributed by atoms with van der Waals surface area (Å²) in [6, 6.07) is 11.2. The van der Waals surface area contributed by atoms with Crippen molar-refractivity contribution in [3.63, 3.8) is 0 Å². The molecule has 0 fully saturated rings. The van der Waals surface area contributed by atoms with Crippen LogP contribution in [0.3, 0.4) is 0 Å². The number of rotatable bonds is 5. The van der Waals surface area contributed by atoms with Crippen molar-refractivity contribution in [2.75, 3.05) is 5.32 Å². The highest BCUT2D eigenvalue weighted by Crippen LogP contribution is 2.18. The number of carbonyl (C=O) groups excluding carboxylic acids is 1. The number of carbonyl (C=O) groups is 1. The zero-order valence-electron chi connectivity index (χ0n) is 12.5. The lowest BCUT2D eigenvalue weighted by molar-refractivity contribution is 0.102. The second-order valence-corrected chi connectivity index (χ2v) is 5.91. The van der Waals surface area contributed by atoms with E-state index in [0.29, 0.717) is 11.4 Å². The Morgan fingerprint density at radius 2 is 2.04 bits per heavy atom. The minimum atomic E-state index is -0.169. The molecule has 0 aliphatic heterocycles. The van der Waals surface area contributed by atoms with Crippen molar-refractivity contribution in [2.24, 2.45) is 0 Å². The fourth-order valence-corrected chi connectivity index (χ4v) is 2.70. The Morgan fingerprint density at radius 3 is 2.74 bits per heavy atom. The number of nitrogens with one attached hydrogen (secondary N) is 2. The van der Waals surface area contributed by atoms with Crippen LogP contribution in [0.4, 0.5) is 5.82 Å². The van der Waals surface area contributed by atoms with E-state index in [4.69, 9.17) is 0 Å². The van der Waals surface area contributed by atoms with Crippen LogP contribution in [0.25, 0.3) is 0 Å². The molecule has 0 radical (unpaired) electrons. The highest BCUT2D eigenvalue weighted by molar-refractivity contribution is 7.98. The molecule has 7 heteroatoms. The van der Waals surface area contributed by atoms with Gasteiger partial charge in [0.2, 0.25) is 0 Å². The van der Waals surface area contributed by atoms with Crippen LogP contribution in [0, 0.1) is 6.92 Å². The van der Waals surface area contributed by atoms with Crippen LogP contribution in [-0.4, -0.2) is 26.1 Å². The molecule has 1 aromatic carbocycles. The topological polar surface area (TPSA) is 83.6 Å². The Morgan fingerprint density at radius 1 is 1.22 bits per heavy atom. The first-order valence-corrected chi connectivity index (χ1v) is 8.00. The Kier molecular flexibility index (Phi) is 4.68. The van der Waals surface area contributed by atoms with Gasteiger partial charge in [-0.15, -0.1) is 0 Å². The van der Waals surface area contributed by atoms with Gasteiger partial charge in [-0.25, -0.2) is 9.97 Å². The van der Waals surface area contributed by atoms with Crippen molar-refractivity contribution in [1.29, 1.82) is 0 Å². The number of pyridine rings is 1. The molecule has 1 amide bonds. The number of anilines is 1. The van der Waals surface area contributed by atoms with Crippen LogP contribution in [0.15, 0.2) is 54.1 Å². The lowest BCUT2D eigenvalue weighted by Crippen LogP contribution is -2.12. The molecule has 2 heterocycles. The van der Waals surface area contributed by atoms with Gasteiger partial charge in [0, 0.05) is 17.5 Å². The molecule has 0 unspecified atom stereocenters. The summed E-state index contributed by atoms with van der Waals surface area (Å²) in [5, 5.41) is 10.2. The average Bonchev–Trinajstić information content (AvgIpc) is 3.07. The van der Waals surface area contributed by atoms with E-state index in [-0.39, 0.29) is 5.91 Å². The third-order valence-corrected chi connectivity index (χ3v) is 4.09. The van der Waals surface area contributed by atoms with Crippen molar-refractivity contribution in [2.45, 2.75) is 17.8 Å². The fourth-order valence-electron chi connectivity index (χ4n) is 1.96. The highest BCUT2D eigenvalue weighted by Gasteiger charge is 2.07. The van der Waals surface area contributed by atoms with E-state index in [2.05, 4.69) is 25.5 Å². The van der Waals surface area contributed by atoms with Gasteiger partial charge in [0.25, 0.3) is 5.91 Å². The summed E-state index contributed by atoms with van der Waals surface area (Å²) in [6.45, 7) is 1.96. The highest BCUT2D eigenvalue weighted by atomic mass is 32.2. The molecule has 116 valence electrons. The van der Waals surface area contributed by atoms with Gasteiger partial charge in [0.05, 0.1) is 0 Å². The lowest BCUT2D eigenvalue weighted by Gasteiger charge is -2.06. The summed E-state index contributed by atoms with van der Waals surface area (Å²) in [5.41, 5.74) is 2.76. The Hall–Kier alpha value is -2.67. The van der Waals surface area contributed by atoms with Crippen molar-refractivity contribution in [3.05, 3.63) is 65.6 Å². The molecule has 3 aromatic rings. The number of hydrogen-bond donors (Lipinski definition) is 2. The molecule has 3 rings (SSSR count). The van der Waals surface area contributed by atoms with Gasteiger partial charge in [-0.3, -0.25) is 9.89 Å². The van der Waals surface area contributed by atoms with Crippen molar-refractivity contribution in [3.8, 4) is 0 Å². The van der Waals surface area contributed by atoms with Gasteiger partial charge in [-0.1, -0.05) is 23.9 Å². The first kappa shape index (κ1) is 15.2. The number of amides is 1. The normalized spacial score (nSPS) is 10.5. The third kappa shape index (κ3) is 4.17. The molecule has 2 aromatic heterocycles. The second-order valence-electron chi connectivity index (χ2n) is 4.95. The monoisotopic (exact) mass is 325 g/mol. The maximum absolute atomic E-state index is 12.2. The van der Waals surface area contributed by atoms with E-state index in [1.54, 1.807) is 30.1 Å². The van der Waals surface area contributed by atoms with Crippen molar-refractivity contribution in [1.82, 2.24) is 20.2 Å². The van der Waals surface area contributed by atoms with E-state index in [1.807, 2.05) is 31.2 Å². The predicted octanol–water partition coefficient (Wildman–Crippen LogP) is 3.05. The number of aromatic nitrogens is 4. The van der Waals surface area contributed by atoms with Crippen LogP contribution in [0.2, 0.25) is 0 Å². The summed E-state index contributed by atoms with van der Waals surface area (Å²) in [4.78, 5) is 20.4. The molecular weight excluding hydrogens is 310 g/mol. The van der Waals surface area contributed by atoms with Crippen molar-refractivity contribution >= 4 is 23.5 Å². The number of benzene rings is 1. The first-order valence-electron chi connectivity index (χ1n) is 7.02. The van der Waals surface area contributed by atoms with Crippen LogP contribution in [0.5, 0.6) is 0 Å². The standard InChI is InChI=1S/C16H15N5OS/c1-11-6-7-17-14(8-11)20-15(22)13-4-2-12(3-5-13)9-23-16-18-10-19-21-16/h2-8,10H,9H2,1H3,(H,17,20,22)(H,18,19,21). The van der Waals surface area contributed by atoms with E-state index in [0.717, 1.165) is 22.0 Å². The van der Waals surface area contributed by atoms with Gasteiger partial charge in [-0.2, -0.15) is 5.10 Å². The number of aryl methyl sites for hydroxylation is 1. The zero-order valence-corrected chi connectivity index (χ0v) is 13.3.